The first-order valence-corrected chi connectivity index (χ1v) is 6.18. The van der Waals surface area contributed by atoms with Crippen LogP contribution in [0.5, 0.6) is 0 Å². The summed E-state index contributed by atoms with van der Waals surface area (Å²) in [5.74, 6) is 0. The summed E-state index contributed by atoms with van der Waals surface area (Å²) < 4.78 is 0. The molecule has 96 valence electrons. The lowest BCUT2D eigenvalue weighted by atomic mass is 10.1. The molecule has 0 amide bonds. The Balaban J connectivity index is 0.000000659. The topological polar surface area (TPSA) is 20.2 Å². The largest absolute Gasteiger partial charge is 0.400 e. The van der Waals surface area contributed by atoms with Crippen LogP contribution in [0.2, 0.25) is 0 Å². The fourth-order valence-corrected chi connectivity index (χ4v) is 1.32. The SMILES string of the molecule is C(=C\c1ccccc1)/c1ccccc1.CC.CO. The predicted octanol–water partition coefficient (Wildman–Crippen LogP) is 4.49. The Morgan fingerprint density at radius 2 is 0.889 bits per heavy atom. The Morgan fingerprint density at radius 3 is 1.17 bits per heavy atom. The van der Waals surface area contributed by atoms with Gasteiger partial charge >= 0.3 is 0 Å². The zero-order chi connectivity index (χ0) is 13.6. The van der Waals surface area contributed by atoms with Crippen molar-refractivity contribution >= 4 is 12.2 Å². The maximum absolute atomic E-state index is 7.00. The molecule has 0 saturated carbocycles. The van der Waals surface area contributed by atoms with Gasteiger partial charge in [-0.25, -0.2) is 0 Å². The summed E-state index contributed by atoms with van der Waals surface area (Å²) in [7, 11) is 1.00. The summed E-state index contributed by atoms with van der Waals surface area (Å²) in [5, 5.41) is 7.00. The second kappa shape index (κ2) is 11.6. The zero-order valence-electron chi connectivity index (χ0n) is 11.4. The average molecular weight is 242 g/mol. The second-order valence-electron chi connectivity index (χ2n) is 3.15. The van der Waals surface area contributed by atoms with Crippen LogP contribution >= 0.6 is 0 Å². The van der Waals surface area contributed by atoms with Crippen LogP contribution in [-0.2, 0) is 0 Å². The Kier molecular flexibility index (Phi) is 10.4. The first-order chi connectivity index (χ1) is 8.95. The van der Waals surface area contributed by atoms with Crippen LogP contribution in [-0.4, -0.2) is 12.2 Å². The molecule has 0 radical (unpaired) electrons. The van der Waals surface area contributed by atoms with E-state index in [9.17, 15) is 0 Å². The van der Waals surface area contributed by atoms with Gasteiger partial charge in [-0.2, -0.15) is 0 Å². The molecule has 0 unspecified atom stereocenters. The maximum Gasteiger partial charge on any atom is 0.0319 e. The number of aliphatic hydroxyl groups is 1. The van der Waals surface area contributed by atoms with Crippen molar-refractivity contribution in [2.75, 3.05) is 7.11 Å². The van der Waals surface area contributed by atoms with Gasteiger partial charge in [0, 0.05) is 7.11 Å². The number of aliphatic hydroxyl groups excluding tert-OH is 1. The van der Waals surface area contributed by atoms with Crippen LogP contribution in [0.4, 0.5) is 0 Å². The molecule has 1 heteroatoms. The Labute approximate surface area is 110 Å². The molecule has 2 rings (SSSR count). The fraction of sp³-hybridized carbons (Fsp3) is 0.176. The molecule has 0 saturated heterocycles. The minimum atomic E-state index is 1.00. The summed E-state index contributed by atoms with van der Waals surface area (Å²) in [6, 6.07) is 20.6. The quantitative estimate of drug-likeness (QED) is 0.769. The normalized spacial score (nSPS) is 8.89. The zero-order valence-corrected chi connectivity index (χ0v) is 11.4. The van der Waals surface area contributed by atoms with Gasteiger partial charge in [0.2, 0.25) is 0 Å². The van der Waals surface area contributed by atoms with Gasteiger partial charge < -0.3 is 5.11 Å². The average Bonchev–Trinajstić information content (AvgIpc) is 2.51. The third-order valence-electron chi connectivity index (χ3n) is 2.07. The molecule has 0 aliphatic heterocycles. The lowest BCUT2D eigenvalue weighted by Gasteiger charge is -1.92. The smallest absolute Gasteiger partial charge is 0.0319 e. The van der Waals surface area contributed by atoms with Crippen molar-refractivity contribution in [2.24, 2.45) is 0 Å². The first-order valence-electron chi connectivity index (χ1n) is 6.18. The van der Waals surface area contributed by atoms with E-state index < -0.39 is 0 Å². The maximum atomic E-state index is 7.00. The van der Waals surface area contributed by atoms with Crippen LogP contribution in [0.25, 0.3) is 12.2 Å². The molecule has 2 aromatic rings. The van der Waals surface area contributed by atoms with Crippen LogP contribution in [0.3, 0.4) is 0 Å². The van der Waals surface area contributed by atoms with Crippen LogP contribution in [0.15, 0.2) is 60.7 Å². The molecule has 2 aromatic carbocycles. The molecule has 0 atom stereocenters. The molecule has 18 heavy (non-hydrogen) atoms. The minimum Gasteiger partial charge on any atom is -0.400 e. The summed E-state index contributed by atoms with van der Waals surface area (Å²) in [6.07, 6.45) is 4.24. The summed E-state index contributed by atoms with van der Waals surface area (Å²) in [4.78, 5) is 0. The predicted molar refractivity (Wildman–Crippen MR) is 81.3 cm³/mol. The van der Waals surface area contributed by atoms with E-state index in [4.69, 9.17) is 5.11 Å². The molecular weight excluding hydrogens is 220 g/mol. The van der Waals surface area contributed by atoms with Crippen LogP contribution < -0.4 is 0 Å². The van der Waals surface area contributed by atoms with E-state index in [1.165, 1.54) is 11.1 Å². The molecule has 0 aliphatic rings. The van der Waals surface area contributed by atoms with Gasteiger partial charge in [-0.3, -0.25) is 0 Å². The first kappa shape index (κ1) is 16.1. The molecule has 0 fully saturated rings. The standard InChI is InChI=1S/C14H12.C2H6.CH4O/c1-3-7-13(8-4-1)11-12-14-9-5-2-6-10-14;2*1-2/h1-12H;1-2H3;2H,1H3/b12-11+;;. The number of hydrogen-bond donors (Lipinski definition) is 1. The minimum absolute atomic E-state index is 1.00. The van der Waals surface area contributed by atoms with Gasteiger partial charge in [0.25, 0.3) is 0 Å². The Morgan fingerprint density at radius 1 is 0.611 bits per heavy atom. The fourth-order valence-electron chi connectivity index (χ4n) is 1.32. The molecular formula is C17H22O. The summed E-state index contributed by atoms with van der Waals surface area (Å²) in [5.41, 5.74) is 2.47. The Hall–Kier alpha value is -1.86. The van der Waals surface area contributed by atoms with Gasteiger partial charge in [-0.15, -0.1) is 0 Å². The third kappa shape index (κ3) is 6.66. The van der Waals surface area contributed by atoms with Gasteiger partial charge in [-0.05, 0) is 11.1 Å². The number of rotatable bonds is 2. The van der Waals surface area contributed by atoms with E-state index in [1.807, 2.05) is 50.2 Å². The van der Waals surface area contributed by atoms with Gasteiger partial charge in [0.15, 0.2) is 0 Å². The van der Waals surface area contributed by atoms with Crippen molar-refractivity contribution in [3.8, 4) is 0 Å². The molecule has 0 heterocycles. The van der Waals surface area contributed by atoms with Crippen molar-refractivity contribution < 1.29 is 5.11 Å². The van der Waals surface area contributed by atoms with Crippen molar-refractivity contribution in [2.45, 2.75) is 13.8 Å². The summed E-state index contributed by atoms with van der Waals surface area (Å²) >= 11 is 0. The molecule has 1 nitrogen and oxygen atoms in total. The third-order valence-corrected chi connectivity index (χ3v) is 2.07. The molecule has 0 spiro atoms. The van der Waals surface area contributed by atoms with Crippen LogP contribution in [0.1, 0.15) is 25.0 Å². The monoisotopic (exact) mass is 242 g/mol. The molecule has 1 N–H and O–H groups in total. The molecule has 0 bridgehead atoms. The van der Waals surface area contributed by atoms with Crippen molar-refractivity contribution in [1.82, 2.24) is 0 Å². The molecule has 0 aromatic heterocycles. The van der Waals surface area contributed by atoms with E-state index in [0.717, 1.165) is 7.11 Å². The highest BCUT2D eigenvalue weighted by Gasteiger charge is 1.84. The molecule has 0 aliphatic carbocycles. The second-order valence-corrected chi connectivity index (χ2v) is 3.15. The van der Waals surface area contributed by atoms with Gasteiger partial charge in [0.05, 0.1) is 0 Å². The van der Waals surface area contributed by atoms with E-state index in [-0.39, 0.29) is 0 Å². The Bertz CT molecular complexity index is 363. The van der Waals surface area contributed by atoms with Gasteiger partial charge in [0.1, 0.15) is 0 Å². The lowest BCUT2D eigenvalue weighted by Crippen LogP contribution is -1.70. The lowest BCUT2D eigenvalue weighted by molar-refractivity contribution is 0.399. The van der Waals surface area contributed by atoms with Crippen molar-refractivity contribution in [3.05, 3.63) is 71.8 Å². The highest BCUT2D eigenvalue weighted by atomic mass is 16.2. The van der Waals surface area contributed by atoms with E-state index in [0.29, 0.717) is 0 Å². The number of benzene rings is 2. The van der Waals surface area contributed by atoms with Crippen molar-refractivity contribution in [3.63, 3.8) is 0 Å². The van der Waals surface area contributed by atoms with Crippen molar-refractivity contribution in [1.29, 1.82) is 0 Å². The highest BCUT2D eigenvalue weighted by Crippen LogP contribution is 2.06. The number of hydrogen-bond acceptors (Lipinski definition) is 1. The van der Waals surface area contributed by atoms with Gasteiger partial charge in [-0.1, -0.05) is 86.7 Å². The summed E-state index contributed by atoms with van der Waals surface area (Å²) in [6.45, 7) is 4.00. The van der Waals surface area contributed by atoms with Crippen LogP contribution in [0, 0.1) is 0 Å². The van der Waals surface area contributed by atoms with E-state index >= 15 is 0 Å². The highest BCUT2D eigenvalue weighted by molar-refractivity contribution is 5.69. The van der Waals surface area contributed by atoms with E-state index in [2.05, 4.69) is 36.4 Å². The van der Waals surface area contributed by atoms with E-state index in [1.54, 1.807) is 0 Å².